The number of hydrogen-bond donors (Lipinski definition) is 1. The highest BCUT2D eigenvalue weighted by Gasteiger charge is 2.11. The lowest BCUT2D eigenvalue weighted by Gasteiger charge is -2.08. The van der Waals surface area contributed by atoms with Gasteiger partial charge in [0.05, 0.1) is 4.47 Å². The van der Waals surface area contributed by atoms with Crippen molar-refractivity contribution in [1.82, 2.24) is 15.0 Å². The second-order valence-electron chi connectivity index (χ2n) is 3.29. The second kappa shape index (κ2) is 5.46. The van der Waals surface area contributed by atoms with Gasteiger partial charge in [0.25, 0.3) is 0 Å². The van der Waals surface area contributed by atoms with Crippen molar-refractivity contribution < 1.29 is 0 Å². The zero-order chi connectivity index (χ0) is 12.3. The smallest absolute Gasteiger partial charge is 0.131 e. The van der Waals surface area contributed by atoms with Crippen LogP contribution in [0.2, 0.25) is 0 Å². The number of anilines is 1. The number of nitrogen functional groups attached to an aromatic ring is 1. The third kappa shape index (κ3) is 2.76. The molecule has 17 heavy (non-hydrogen) atoms. The van der Waals surface area contributed by atoms with Crippen molar-refractivity contribution >= 4 is 33.5 Å². The lowest BCUT2D eigenvalue weighted by atomic mass is 10.2. The fourth-order valence-corrected chi connectivity index (χ4v) is 2.80. The molecule has 2 heterocycles. The van der Waals surface area contributed by atoms with Crippen molar-refractivity contribution in [3.8, 4) is 0 Å². The molecule has 4 nitrogen and oxygen atoms in total. The predicted octanol–water partition coefficient (Wildman–Crippen LogP) is 2.93. The maximum absolute atomic E-state index is 5.83. The molecular formula is C11H11BrN4S. The van der Waals surface area contributed by atoms with E-state index in [0.29, 0.717) is 5.82 Å². The maximum atomic E-state index is 5.83. The standard InChI is InChI=1S/C11H11BrN4S/c1-2-7-9(13)15-6-16-10(7)17-11-8(12)4-3-5-14-11/h3-6H,2H2,1H3,(H2,13,15,16). The van der Waals surface area contributed by atoms with Gasteiger partial charge in [-0.05, 0) is 46.2 Å². The average molecular weight is 311 g/mol. The molecule has 6 heteroatoms. The Bertz CT molecular complexity index is 533. The summed E-state index contributed by atoms with van der Waals surface area (Å²) in [5.41, 5.74) is 6.79. The first kappa shape index (κ1) is 12.3. The van der Waals surface area contributed by atoms with Crippen LogP contribution in [0.15, 0.2) is 39.2 Å². The van der Waals surface area contributed by atoms with Crippen molar-refractivity contribution in [3.05, 3.63) is 34.7 Å². The summed E-state index contributed by atoms with van der Waals surface area (Å²) in [4.78, 5) is 12.5. The molecule has 0 radical (unpaired) electrons. The fourth-order valence-electron chi connectivity index (χ4n) is 1.37. The van der Waals surface area contributed by atoms with Crippen LogP contribution in [-0.2, 0) is 6.42 Å². The number of nitrogens with zero attached hydrogens (tertiary/aromatic N) is 3. The summed E-state index contributed by atoms with van der Waals surface area (Å²) < 4.78 is 0.948. The van der Waals surface area contributed by atoms with Crippen LogP contribution in [0.1, 0.15) is 12.5 Å². The van der Waals surface area contributed by atoms with E-state index in [2.05, 4.69) is 30.9 Å². The largest absolute Gasteiger partial charge is 0.383 e. The molecule has 2 N–H and O–H groups in total. The van der Waals surface area contributed by atoms with Gasteiger partial charge in [-0.1, -0.05) is 6.92 Å². The fraction of sp³-hybridized carbons (Fsp3) is 0.182. The van der Waals surface area contributed by atoms with Gasteiger partial charge in [0, 0.05) is 11.8 Å². The van der Waals surface area contributed by atoms with Gasteiger partial charge in [0.15, 0.2) is 0 Å². The lowest BCUT2D eigenvalue weighted by molar-refractivity contribution is 0.948. The first-order valence-corrected chi connectivity index (χ1v) is 6.71. The number of rotatable bonds is 3. The van der Waals surface area contributed by atoms with E-state index in [0.717, 1.165) is 26.5 Å². The number of halogens is 1. The van der Waals surface area contributed by atoms with Gasteiger partial charge in [0.2, 0.25) is 0 Å². The number of pyridine rings is 1. The van der Waals surface area contributed by atoms with E-state index in [4.69, 9.17) is 5.73 Å². The quantitative estimate of drug-likeness (QED) is 0.883. The lowest BCUT2D eigenvalue weighted by Crippen LogP contribution is -2.00. The molecule has 0 unspecified atom stereocenters. The Labute approximate surface area is 112 Å². The predicted molar refractivity (Wildman–Crippen MR) is 71.9 cm³/mol. The molecular weight excluding hydrogens is 300 g/mol. The van der Waals surface area contributed by atoms with Gasteiger partial charge in [-0.3, -0.25) is 0 Å². The molecule has 0 aromatic carbocycles. The molecule has 0 amide bonds. The first-order valence-electron chi connectivity index (χ1n) is 5.10. The van der Waals surface area contributed by atoms with Crippen LogP contribution in [0.3, 0.4) is 0 Å². The molecule has 0 saturated heterocycles. The summed E-state index contributed by atoms with van der Waals surface area (Å²) in [5.74, 6) is 0.539. The summed E-state index contributed by atoms with van der Waals surface area (Å²) in [6.45, 7) is 2.03. The van der Waals surface area contributed by atoms with E-state index in [9.17, 15) is 0 Å². The molecule has 0 aliphatic rings. The molecule has 2 aromatic rings. The van der Waals surface area contributed by atoms with Gasteiger partial charge >= 0.3 is 0 Å². The van der Waals surface area contributed by atoms with E-state index in [1.54, 1.807) is 6.20 Å². The van der Waals surface area contributed by atoms with Crippen LogP contribution in [0, 0.1) is 0 Å². The third-order valence-corrected chi connectivity index (χ3v) is 4.18. The van der Waals surface area contributed by atoms with E-state index < -0.39 is 0 Å². The first-order chi connectivity index (χ1) is 8.22. The van der Waals surface area contributed by atoms with Crippen LogP contribution in [0.25, 0.3) is 0 Å². The van der Waals surface area contributed by atoms with E-state index >= 15 is 0 Å². The highest BCUT2D eigenvalue weighted by Crippen LogP contribution is 2.33. The van der Waals surface area contributed by atoms with Gasteiger partial charge in [-0.15, -0.1) is 0 Å². The third-order valence-electron chi connectivity index (χ3n) is 2.21. The molecule has 0 fully saturated rings. The minimum Gasteiger partial charge on any atom is -0.383 e. The average Bonchev–Trinajstić information content (AvgIpc) is 2.32. The Hall–Kier alpha value is -1.14. The topological polar surface area (TPSA) is 64.7 Å². The Balaban J connectivity index is 2.37. The SMILES string of the molecule is CCc1c(N)ncnc1Sc1ncccc1Br. The van der Waals surface area contributed by atoms with Crippen molar-refractivity contribution in [2.75, 3.05) is 5.73 Å². The van der Waals surface area contributed by atoms with Gasteiger partial charge < -0.3 is 5.73 Å². The second-order valence-corrected chi connectivity index (χ2v) is 5.12. The minimum absolute atomic E-state index is 0.539. The van der Waals surface area contributed by atoms with Gasteiger partial charge in [-0.25, -0.2) is 15.0 Å². The zero-order valence-electron chi connectivity index (χ0n) is 9.22. The van der Waals surface area contributed by atoms with Gasteiger partial charge in [0.1, 0.15) is 22.2 Å². The number of hydrogen-bond acceptors (Lipinski definition) is 5. The van der Waals surface area contributed by atoms with Crippen LogP contribution in [-0.4, -0.2) is 15.0 Å². The Kier molecular flexibility index (Phi) is 3.96. The van der Waals surface area contributed by atoms with Crippen molar-refractivity contribution in [2.24, 2.45) is 0 Å². The van der Waals surface area contributed by atoms with Crippen molar-refractivity contribution in [2.45, 2.75) is 23.4 Å². The molecule has 0 bridgehead atoms. The summed E-state index contributed by atoms with van der Waals surface area (Å²) in [5, 5.41) is 1.74. The highest BCUT2D eigenvalue weighted by molar-refractivity contribution is 9.10. The Morgan fingerprint density at radius 2 is 2.12 bits per heavy atom. The monoisotopic (exact) mass is 310 g/mol. The molecule has 0 saturated carbocycles. The Morgan fingerprint density at radius 3 is 2.82 bits per heavy atom. The van der Waals surface area contributed by atoms with Crippen LogP contribution < -0.4 is 5.73 Å². The van der Waals surface area contributed by atoms with E-state index in [1.807, 2.05) is 19.1 Å². The van der Waals surface area contributed by atoms with Crippen LogP contribution >= 0.6 is 27.7 Å². The molecule has 0 aliphatic heterocycles. The molecule has 2 aromatic heterocycles. The van der Waals surface area contributed by atoms with Crippen LogP contribution in [0.5, 0.6) is 0 Å². The van der Waals surface area contributed by atoms with Crippen molar-refractivity contribution in [1.29, 1.82) is 0 Å². The Morgan fingerprint density at radius 1 is 1.29 bits per heavy atom. The van der Waals surface area contributed by atoms with Crippen molar-refractivity contribution in [3.63, 3.8) is 0 Å². The zero-order valence-corrected chi connectivity index (χ0v) is 11.6. The van der Waals surface area contributed by atoms with E-state index in [-0.39, 0.29) is 0 Å². The number of nitrogens with two attached hydrogens (primary N) is 1. The molecule has 0 aliphatic carbocycles. The summed E-state index contributed by atoms with van der Waals surface area (Å²) >= 11 is 4.95. The molecule has 0 spiro atoms. The number of aromatic nitrogens is 3. The van der Waals surface area contributed by atoms with Gasteiger partial charge in [-0.2, -0.15) is 0 Å². The molecule has 0 atom stereocenters. The summed E-state index contributed by atoms with van der Waals surface area (Å²) in [7, 11) is 0. The minimum atomic E-state index is 0.539. The maximum Gasteiger partial charge on any atom is 0.131 e. The highest BCUT2D eigenvalue weighted by atomic mass is 79.9. The van der Waals surface area contributed by atoms with E-state index in [1.165, 1.54) is 18.1 Å². The summed E-state index contributed by atoms with van der Waals surface area (Å²) in [6.07, 6.45) is 4.04. The van der Waals surface area contributed by atoms with Crippen LogP contribution in [0.4, 0.5) is 5.82 Å². The summed E-state index contributed by atoms with van der Waals surface area (Å²) in [6, 6.07) is 3.83. The molecule has 88 valence electrons. The molecule has 2 rings (SSSR count). The normalized spacial score (nSPS) is 10.5.